The molecule has 0 saturated carbocycles. The first-order valence-corrected chi connectivity index (χ1v) is 6.86. The minimum atomic E-state index is -0.425. The highest BCUT2D eigenvalue weighted by molar-refractivity contribution is 5.81. The summed E-state index contributed by atoms with van der Waals surface area (Å²) in [5.74, 6) is -0.0772. The van der Waals surface area contributed by atoms with Crippen molar-refractivity contribution >= 4 is 5.91 Å². The Morgan fingerprint density at radius 2 is 1.61 bits per heavy atom. The van der Waals surface area contributed by atoms with Crippen molar-refractivity contribution in [2.24, 2.45) is 17.2 Å². The van der Waals surface area contributed by atoms with E-state index in [1.807, 2.05) is 0 Å². The zero-order valence-corrected chi connectivity index (χ0v) is 11.3. The lowest BCUT2D eigenvalue weighted by Gasteiger charge is -2.11. The number of hydrogen-bond acceptors (Lipinski definition) is 5. The molecule has 0 aromatic rings. The molecule has 0 aliphatic carbocycles. The van der Waals surface area contributed by atoms with Crippen LogP contribution in [0.25, 0.3) is 0 Å². The van der Waals surface area contributed by atoms with Crippen LogP contribution in [0.5, 0.6) is 0 Å². The van der Waals surface area contributed by atoms with Crippen molar-refractivity contribution in [3.8, 4) is 0 Å². The molecule has 0 saturated heterocycles. The summed E-state index contributed by atoms with van der Waals surface area (Å²) in [5.41, 5.74) is 16.5. The molecule has 0 aliphatic heterocycles. The molecule has 1 amide bonds. The summed E-state index contributed by atoms with van der Waals surface area (Å²) in [4.78, 5) is 11.5. The van der Waals surface area contributed by atoms with Crippen LogP contribution in [0.2, 0.25) is 0 Å². The van der Waals surface area contributed by atoms with Crippen LogP contribution in [0.15, 0.2) is 0 Å². The van der Waals surface area contributed by atoms with E-state index in [1.54, 1.807) is 0 Å². The molecule has 0 heterocycles. The molecule has 108 valence electrons. The van der Waals surface area contributed by atoms with Gasteiger partial charge in [0.1, 0.15) is 0 Å². The molecule has 6 nitrogen and oxygen atoms in total. The van der Waals surface area contributed by atoms with Crippen molar-refractivity contribution in [2.45, 2.75) is 38.1 Å². The molecule has 1 atom stereocenters. The number of nitrogens with one attached hydrogen (secondary N) is 2. The van der Waals surface area contributed by atoms with Crippen LogP contribution in [0.1, 0.15) is 32.1 Å². The normalized spacial score (nSPS) is 12.4. The molecule has 0 fully saturated rings. The number of carbonyl (C=O) groups is 1. The number of unbranched alkanes of at least 4 members (excludes halogenated alkanes) is 1. The predicted molar refractivity (Wildman–Crippen MR) is 75.0 cm³/mol. The lowest BCUT2D eigenvalue weighted by Crippen LogP contribution is -2.41. The van der Waals surface area contributed by atoms with Crippen LogP contribution in [0.3, 0.4) is 0 Å². The van der Waals surface area contributed by atoms with Gasteiger partial charge in [0.05, 0.1) is 6.04 Å². The van der Waals surface area contributed by atoms with Gasteiger partial charge in [-0.3, -0.25) is 4.79 Å². The smallest absolute Gasteiger partial charge is 0.236 e. The summed E-state index contributed by atoms with van der Waals surface area (Å²) >= 11 is 0. The number of nitrogens with two attached hydrogens (primary N) is 3. The summed E-state index contributed by atoms with van der Waals surface area (Å²) in [6, 6.07) is -0.425. The molecule has 0 bridgehead atoms. The van der Waals surface area contributed by atoms with Gasteiger partial charge in [-0.05, 0) is 58.3 Å². The van der Waals surface area contributed by atoms with E-state index in [1.165, 1.54) is 0 Å². The van der Waals surface area contributed by atoms with Crippen LogP contribution in [0, 0.1) is 0 Å². The highest BCUT2D eigenvalue weighted by Gasteiger charge is 2.11. The van der Waals surface area contributed by atoms with E-state index >= 15 is 0 Å². The third-order valence-electron chi connectivity index (χ3n) is 2.69. The van der Waals surface area contributed by atoms with E-state index in [0.29, 0.717) is 19.5 Å². The van der Waals surface area contributed by atoms with Crippen molar-refractivity contribution in [3.63, 3.8) is 0 Å². The van der Waals surface area contributed by atoms with Crippen LogP contribution < -0.4 is 27.8 Å². The van der Waals surface area contributed by atoms with E-state index in [-0.39, 0.29) is 5.91 Å². The standard InChI is InChI=1S/C12H29N5O/c13-6-1-2-8-16-9-4-10-17-12(18)11(15)5-3-7-14/h11,16H,1-10,13-15H2,(H,17,18)/t11-/m1/s1. The Labute approximate surface area is 110 Å². The summed E-state index contributed by atoms with van der Waals surface area (Å²) in [6.45, 7) is 3.88. The summed E-state index contributed by atoms with van der Waals surface area (Å²) in [6.07, 6.45) is 4.52. The number of carbonyl (C=O) groups excluding carboxylic acids is 1. The fourth-order valence-electron chi connectivity index (χ4n) is 1.54. The van der Waals surface area contributed by atoms with Gasteiger partial charge in [-0.1, -0.05) is 0 Å². The van der Waals surface area contributed by atoms with Crippen LogP contribution in [0.4, 0.5) is 0 Å². The second-order valence-corrected chi connectivity index (χ2v) is 4.43. The van der Waals surface area contributed by atoms with E-state index < -0.39 is 6.04 Å². The van der Waals surface area contributed by atoms with E-state index in [9.17, 15) is 4.79 Å². The average molecular weight is 259 g/mol. The average Bonchev–Trinajstić information content (AvgIpc) is 2.38. The molecule has 0 aromatic heterocycles. The minimum Gasteiger partial charge on any atom is -0.355 e. The lowest BCUT2D eigenvalue weighted by molar-refractivity contribution is -0.122. The molecule has 0 unspecified atom stereocenters. The summed E-state index contributed by atoms with van der Waals surface area (Å²) in [5, 5.41) is 6.13. The SMILES string of the molecule is NCCCCNCCCNC(=O)[C@H](N)CCCN. The fourth-order valence-corrected chi connectivity index (χ4v) is 1.54. The number of hydrogen-bond donors (Lipinski definition) is 5. The molecule has 18 heavy (non-hydrogen) atoms. The molecule has 8 N–H and O–H groups in total. The monoisotopic (exact) mass is 259 g/mol. The molecule has 0 aliphatic rings. The van der Waals surface area contributed by atoms with Crippen molar-refractivity contribution < 1.29 is 4.79 Å². The fraction of sp³-hybridized carbons (Fsp3) is 0.917. The quantitative estimate of drug-likeness (QED) is 0.285. The van der Waals surface area contributed by atoms with Gasteiger partial charge >= 0.3 is 0 Å². The van der Waals surface area contributed by atoms with Crippen molar-refractivity contribution in [2.75, 3.05) is 32.7 Å². The first-order valence-electron chi connectivity index (χ1n) is 6.86. The van der Waals surface area contributed by atoms with Gasteiger partial charge in [0.25, 0.3) is 0 Å². The minimum absolute atomic E-state index is 0.0772. The van der Waals surface area contributed by atoms with Crippen molar-refractivity contribution in [1.29, 1.82) is 0 Å². The second-order valence-electron chi connectivity index (χ2n) is 4.43. The Morgan fingerprint density at radius 3 is 2.28 bits per heavy atom. The molecule has 6 heteroatoms. The Kier molecular flexibility index (Phi) is 12.3. The van der Waals surface area contributed by atoms with Gasteiger partial charge in [-0.25, -0.2) is 0 Å². The molecular formula is C12H29N5O. The first-order chi connectivity index (χ1) is 8.72. The van der Waals surface area contributed by atoms with Crippen LogP contribution in [-0.4, -0.2) is 44.7 Å². The maximum Gasteiger partial charge on any atom is 0.236 e. The van der Waals surface area contributed by atoms with Gasteiger partial charge < -0.3 is 27.8 Å². The highest BCUT2D eigenvalue weighted by atomic mass is 16.2. The molecular weight excluding hydrogens is 230 g/mol. The van der Waals surface area contributed by atoms with Crippen molar-refractivity contribution in [1.82, 2.24) is 10.6 Å². The maximum atomic E-state index is 11.5. The van der Waals surface area contributed by atoms with Gasteiger partial charge in [-0.15, -0.1) is 0 Å². The summed E-state index contributed by atoms with van der Waals surface area (Å²) < 4.78 is 0. The van der Waals surface area contributed by atoms with E-state index in [4.69, 9.17) is 17.2 Å². The third-order valence-corrected chi connectivity index (χ3v) is 2.69. The molecule has 0 rings (SSSR count). The Hall–Kier alpha value is -0.690. The Bertz CT molecular complexity index is 201. The zero-order valence-electron chi connectivity index (χ0n) is 11.3. The van der Waals surface area contributed by atoms with Gasteiger partial charge in [0.2, 0.25) is 5.91 Å². The Morgan fingerprint density at radius 1 is 0.944 bits per heavy atom. The van der Waals surface area contributed by atoms with Crippen LogP contribution >= 0.6 is 0 Å². The number of rotatable bonds is 12. The molecule has 0 aromatic carbocycles. The maximum absolute atomic E-state index is 11.5. The second kappa shape index (κ2) is 12.8. The predicted octanol–water partition coefficient (Wildman–Crippen LogP) is -1.11. The van der Waals surface area contributed by atoms with E-state index in [2.05, 4.69) is 10.6 Å². The third kappa shape index (κ3) is 10.5. The Balaban J connectivity index is 3.29. The van der Waals surface area contributed by atoms with Crippen LogP contribution in [-0.2, 0) is 4.79 Å². The molecule has 0 radical (unpaired) electrons. The largest absolute Gasteiger partial charge is 0.355 e. The van der Waals surface area contributed by atoms with Crippen molar-refractivity contribution in [3.05, 3.63) is 0 Å². The van der Waals surface area contributed by atoms with E-state index in [0.717, 1.165) is 45.3 Å². The van der Waals surface area contributed by atoms with Gasteiger partial charge in [0.15, 0.2) is 0 Å². The lowest BCUT2D eigenvalue weighted by atomic mass is 10.1. The summed E-state index contributed by atoms with van der Waals surface area (Å²) in [7, 11) is 0. The molecule has 0 spiro atoms. The number of amides is 1. The topological polar surface area (TPSA) is 119 Å². The zero-order chi connectivity index (χ0) is 13.6. The first kappa shape index (κ1) is 17.3. The van der Waals surface area contributed by atoms with Gasteiger partial charge in [0, 0.05) is 6.54 Å². The van der Waals surface area contributed by atoms with Gasteiger partial charge in [-0.2, -0.15) is 0 Å². The highest BCUT2D eigenvalue weighted by Crippen LogP contribution is 1.92.